The van der Waals surface area contributed by atoms with Gasteiger partial charge in [0.05, 0.1) is 18.2 Å². The van der Waals surface area contributed by atoms with Gasteiger partial charge >= 0.3 is 18.0 Å². The molecule has 1 fully saturated rings. The van der Waals surface area contributed by atoms with Gasteiger partial charge in [-0.2, -0.15) is 0 Å². The molecule has 2 N–H and O–H groups in total. The van der Waals surface area contributed by atoms with Gasteiger partial charge in [0.2, 0.25) is 0 Å². The lowest BCUT2D eigenvalue weighted by atomic mass is 9.94. The summed E-state index contributed by atoms with van der Waals surface area (Å²) in [7, 11) is 0. The van der Waals surface area contributed by atoms with Crippen molar-refractivity contribution < 1.29 is 19.1 Å². The van der Waals surface area contributed by atoms with Gasteiger partial charge in [0, 0.05) is 55.5 Å². The third kappa shape index (κ3) is 6.27. The number of carbonyl (C=O) groups excluding carboxylic acids is 3. The highest BCUT2D eigenvalue weighted by Crippen LogP contribution is 2.33. The number of hydrogen-bond acceptors (Lipinski definition) is 5. The lowest BCUT2D eigenvalue weighted by molar-refractivity contribution is -0.139. The lowest BCUT2D eigenvalue weighted by Gasteiger charge is -2.43. The maximum atomic E-state index is 13.2. The van der Waals surface area contributed by atoms with Crippen molar-refractivity contribution >= 4 is 29.6 Å². The molecule has 35 heavy (non-hydrogen) atoms. The summed E-state index contributed by atoms with van der Waals surface area (Å²) in [6, 6.07) is 6.14. The van der Waals surface area contributed by atoms with E-state index >= 15 is 0 Å². The Morgan fingerprint density at radius 1 is 1.20 bits per heavy atom. The van der Waals surface area contributed by atoms with Crippen LogP contribution in [0.4, 0.5) is 9.59 Å². The molecule has 9 nitrogen and oxygen atoms in total. The molecule has 0 aromatic heterocycles. The molecular formula is C25H36ClN5O4. The summed E-state index contributed by atoms with van der Waals surface area (Å²) in [5.74, 6) is -0.455. The predicted molar refractivity (Wildman–Crippen MR) is 135 cm³/mol. The van der Waals surface area contributed by atoms with Crippen molar-refractivity contribution in [2.75, 3.05) is 39.3 Å². The fourth-order valence-corrected chi connectivity index (χ4v) is 4.71. The molecule has 1 aromatic carbocycles. The number of rotatable bonds is 7. The summed E-state index contributed by atoms with van der Waals surface area (Å²) in [4.78, 5) is 44.5. The van der Waals surface area contributed by atoms with Crippen LogP contribution in [0.15, 0.2) is 35.5 Å². The molecule has 0 saturated carbocycles. The van der Waals surface area contributed by atoms with E-state index in [1.165, 1.54) is 0 Å². The summed E-state index contributed by atoms with van der Waals surface area (Å²) in [5, 5.41) is 6.49. The van der Waals surface area contributed by atoms with E-state index in [1.807, 2.05) is 32.6 Å². The number of esters is 1. The first-order valence-electron chi connectivity index (χ1n) is 12.2. The Hall–Kier alpha value is -2.78. The lowest BCUT2D eigenvalue weighted by Crippen LogP contribution is -2.58. The van der Waals surface area contributed by atoms with Gasteiger partial charge in [0.25, 0.3) is 0 Å². The van der Waals surface area contributed by atoms with Crippen LogP contribution in [0.25, 0.3) is 0 Å². The molecule has 10 heteroatoms. The molecule has 192 valence electrons. The molecule has 2 atom stereocenters. The predicted octanol–water partition coefficient (Wildman–Crippen LogP) is 3.37. The Morgan fingerprint density at radius 3 is 2.46 bits per heavy atom. The molecule has 0 unspecified atom stereocenters. The minimum Gasteiger partial charge on any atom is -0.463 e. The van der Waals surface area contributed by atoms with Gasteiger partial charge in [-0.25, -0.2) is 14.4 Å². The molecule has 4 amide bonds. The van der Waals surface area contributed by atoms with Crippen molar-refractivity contribution in [3.63, 3.8) is 0 Å². The Bertz CT molecular complexity index is 965. The molecule has 2 aliphatic rings. The molecule has 1 aromatic rings. The normalized spacial score (nSPS) is 21.3. The number of halogens is 1. The van der Waals surface area contributed by atoms with Crippen molar-refractivity contribution in [1.29, 1.82) is 0 Å². The van der Waals surface area contributed by atoms with Gasteiger partial charge in [0.1, 0.15) is 0 Å². The van der Waals surface area contributed by atoms with Crippen LogP contribution in [0.1, 0.15) is 46.2 Å². The highest BCUT2D eigenvalue weighted by atomic mass is 35.5. The molecule has 0 bridgehead atoms. The maximum absolute atomic E-state index is 13.2. The summed E-state index contributed by atoms with van der Waals surface area (Å²) >= 11 is 6.07. The standard InChI is InChI=1S/C25H36ClN5O4/c1-6-30-20(15-29-12-13-31(17(5)14-29)24(33)27-16(3)4)21(23(32)35-7-2)22(28-25(30)34)18-8-10-19(26)11-9-18/h8-11,16-17,22H,6-7,12-15H2,1-5H3,(H,27,33)(H,28,34)/t17-,22+/m1/s1. The molecule has 0 aliphatic carbocycles. The average Bonchev–Trinajstić information content (AvgIpc) is 2.79. The van der Waals surface area contributed by atoms with Crippen LogP contribution in [-0.2, 0) is 9.53 Å². The van der Waals surface area contributed by atoms with E-state index in [0.29, 0.717) is 49.0 Å². The highest BCUT2D eigenvalue weighted by Gasteiger charge is 2.39. The minimum atomic E-state index is -0.646. The van der Waals surface area contributed by atoms with E-state index in [4.69, 9.17) is 16.3 Å². The van der Waals surface area contributed by atoms with Gasteiger partial charge < -0.3 is 20.3 Å². The van der Waals surface area contributed by atoms with Gasteiger partial charge in [0.15, 0.2) is 0 Å². The van der Waals surface area contributed by atoms with Crippen molar-refractivity contribution in [2.24, 2.45) is 0 Å². The number of ether oxygens (including phenoxy) is 1. The number of urea groups is 2. The Kier molecular flexibility index (Phi) is 9.02. The number of hydrogen-bond donors (Lipinski definition) is 2. The van der Waals surface area contributed by atoms with E-state index in [2.05, 4.69) is 15.5 Å². The molecule has 0 spiro atoms. The van der Waals surface area contributed by atoms with Crippen LogP contribution in [-0.4, -0.2) is 84.1 Å². The van der Waals surface area contributed by atoms with Gasteiger partial charge in [-0.05, 0) is 52.3 Å². The number of nitrogens with zero attached hydrogens (tertiary/aromatic N) is 3. The van der Waals surface area contributed by atoms with E-state index in [-0.39, 0.29) is 30.8 Å². The first kappa shape index (κ1) is 26.8. The first-order valence-corrected chi connectivity index (χ1v) is 12.6. The Morgan fingerprint density at radius 2 is 1.89 bits per heavy atom. The number of carbonyl (C=O) groups is 3. The second-order valence-corrected chi connectivity index (χ2v) is 9.58. The van der Waals surface area contributed by atoms with Crippen LogP contribution in [0.2, 0.25) is 5.02 Å². The zero-order valence-electron chi connectivity index (χ0n) is 21.1. The number of piperazine rings is 1. The largest absolute Gasteiger partial charge is 0.463 e. The third-order valence-electron chi connectivity index (χ3n) is 6.21. The molecular weight excluding hydrogens is 470 g/mol. The zero-order chi connectivity index (χ0) is 25.7. The smallest absolute Gasteiger partial charge is 0.338 e. The van der Waals surface area contributed by atoms with Gasteiger partial charge in [-0.1, -0.05) is 23.7 Å². The number of nitrogens with one attached hydrogen (secondary N) is 2. The summed E-state index contributed by atoms with van der Waals surface area (Å²) in [5.41, 5.74) is 1.80. The molecule has 0 radical (unpaired) electrons. The number of benzene rings is 1. The SMILES string of the molecule is CCOC(=O)C1=C(CN2CCN(C(=O)NC(C)C)[C@H](C)C2)N(CC)C(=O)N[C@H]1c1ccc(Cl)cc1. The van der Waals surface area contributed by atoms with Gasteiger partial charge in [-0.15, -0.1) is 0 Å². The fourth-order valence-electron chi connectivity index (χ4n) is 4.58. The topological polar surface area (TPSA) is 94.2 Å². The van der Waals surface area contributed by atoms with Crippen LogP contribution in [0.3, 0.4) is 0 Å². The van der Waals surface area contributed by atoms with Gasteiger partial charge in [-0.3, -0.25) is 9.80 Å². The molecule has 2 aliphatic heterocycles. The van der Waals surface area contributed by atoms with Crippen LogP contribution in [0, 0.1) is 0 Å². The molecule has 3 rings (SSSR count). The molecule has 2 heterocycles. The highest BCUT2D eigenvalue weighted by molar-refractivity contribution is 6.30. The second kappa shape index (κ2) is 11.8. The monoisotopic (exact) mass is 505 g/mol. The summed E-state index contributed by atoms with van der Waals surface area (Å²) in [6.45, 7) is 12.3. The molecule has 1 saturated heterocycles. The van der Waals surface area contributed by atoms with E-state index < -0.39 is 12.0 Å². The number of amides is 4. The quantitative estimate of drug-likeness (QED) is 0.554. The van der Waals surface area contributed by atoms with Crippen LogP contribution < -0.4 is 10.6 Å². The fraction of sp³-hybridized carbons (Fsp3) is 0.560. The number of likely N-dealkylation sites (N-methyl/N-ethyl adjacent to an activating group) is 1. The van der Waals surface area contributed by atoms with E-state index in [1.54, 1.807) is 36.1 Å². The third-order valence-corrected chi connectivity index (χ3v) is 6.46. The van der Waals surface area contributed by atoms with Crippen molar-refractivity contribution in [2.45, 2.75) is 52.7 Å². The second-order valence-electron chi connectivity index (χ2n) is 9.14. The van der Waals surface area contributed by atoms with Crippen LogP contribution >= 0.6 is 11.6 Å². The summed E-state index contributed by atoms with van der Waals surface area (Å²) < 4.78 is 5.43. The Balaban J connectivity index is 1.93. The Labute approximate surface area is 212 Å². The average molecular weight is 506 g/mol. The van der Waals surface area contributed by atoms with Crippen molar-refractivity contribution in [3.8, 4) is 0 Å². The van der Waals surface area contributed by atoms with E-state index in [0.717, 1.165) is 5.56 Å². The maximum Gasteiger partial charge on any atom is 0.338 e. The minimum absolute atomic E-state index is 0.0197. The summed E-state index contributed by atoms with van der Waals surface area (Å²) in [6.07, 6.45) is 0. The van der Waals surface area contributed by atoms with Crippen molar-refractivity contribution in [3.05, 3.63) is 46.1 Å². The van der Waals surface area contributed by atoms with E-state index in [9.17, 15) is 14.4 Å². The van der Waals surface area contributed by atoms with Crippen LogP contribution in [0.5, 0.6) is 0 Å². The zero-order valence-corrected chi connectivity index (χ0v) is 21.9. The first-order chi connectivity index (χ1) is 16.7. The van der Waals surface area contributed by atoms with Crippen molar-refractivity contribution in [1.82, 2.24) is 25.3 Å².